The number of anilines is 1. The van der Waals surface area contributed by atoms with Crippen molar-refractivity contribution < 1.29 is 13.2 Å². The number of carbonyl (C=O) groups is 1. The van der Waals surface area contributed by atoms with Crippen molar-refractivity contribution in [2.24, 2.45) is 0 Å². The van der Waals surface area contributed by atoms with Crippen LogP contribution in [-0.2, 0) is 34.2 Å². The van der Waals surface area contributed by atoms with Gasteiger partial charge in [0.25, 0.3) is 0 Å². The van der Waals surface area contributed by atoms with Gasteiger partial charge in [0.05, 0.1) is 17.9 Å². The van der Waals surface area contributed by atoms with Crippen LogP contribution in [-0.4, -0.2) is 35.9 Å². The van der Waals surface area contributed by atoms with Crippen molar-refractivity contribution >= 4 is 32.4 Å². The Hall–Kier alpha value is -2.55. The Bertz CT molecular complexity index is 1140. The molecule has 1 amide bonds. The number of hydrogen-bond acceptors (Lipinski definition) is 5. The lowest BCUT2D eigenvalue weighted by Gasteiger charge is -2.24. The van der Waals surface area contributed by atoms with Crippen LogP contribution in [0.5, 0.6) is 0 Å². The molecule has 0 radical (unpaired) electrons. The molecule has 0 spiro atoms. The molecule has 0 aliphatic carbocycles. The second-order valence-electron chi connectivity index (χ2n) is 7.16. The van der Waals surface area contributed by atoms with E-state index in [0.29, 0.717) is 24.6 Å². The molecule has 30 heavy (non-hydrogen) atoms. The maximum atomic E-state index is 12.5. The number of amides is 1. The van der Waals surface area contributed by atoms with Gasteiger partial charge in [0.2, 0.25) is 15.9 Å². The second kappa shape index (κ2) is 8.67. The van der Waals surface area contributed by atoms with E-state index in [1.54, 1.807) is 6.92 Å². The highest BCUT2D eigenvalue weighted by Crippen LogP contribution is 2.29. The van der Waals surface area contributed by atoms with Crippen LogP contribution in [0.3, 0.4) is 0 Å². The molecule has 8 heteroatoms. The lowest BCUT2D eigenvalue weighted by molar-refractivity contribution is -0.115. The van der Waals surface area contributed by atoms with E-state index in [1.807, 2.05) is 42.5 Å². The average molecular weight is 442 g/mol. The molecular formula is C22H23N3O3S2. The SMILES string of the molecule is CCS(=O)(=O)N1CCc2nc(NC(=O)Cc3ccc(-c4ccccc4)cc3)sc2C1. The number of fused-ring (bicyclic) bond motifs is 1. The van der Waals surface area contributed by atoms with Crippen molar-refractivity contribution in [3.8, 4) is 11.1 Å². The molecule has 1 aliphatic heterocycles. The van der Waals surface area contributed by atoms with E-state index in [-0.39, 0.29) is 18.1 Å². The monoisotopic (exact) mass is 441 g/mol. The standard InChI is InChI=1S/C22H23N3O3S2/c1-2-30(27,28)25-13-12-19-20(15-25)29-22(23-19)24-21(26)14-16-8-10-18(11-9-16)17-6-4-3-5-7-17/h3-11H,2,12-15H2,1H3,(H,23,24,26). The molecule has 0 bridgehead atoms. The van der Waals surface area contributed by atoms with Gasteiger partial charge in [0, 0.05) is 24.4 Å². The molecule has 0 saturated heterocycles. The van der Waals surface area contributed by atoms with Crippen LogP contribution < -0.4 is 5.32 Å². The van der Waals surface area contributed by atoms with Gasteiger partial charge in [-0.1, -0.05) is 54.6 Å². The molecule has 2 aromatic carbocycles. The fourth-order valence-electron chi connectivity index (χ4n) is 3.44. The van der Waals surface area contributed by atoms with Gasteiger partial charge in [-0.15, -0.1) is 11.3 Å². The predicted octanol–water partition coefficient (Wildman–Crippen LogP) is 3.70. The summed E-state index contributed by atoms with van der Waals surface area (Å²) in [4.78, 5) is 17.9. The fraction of sp³-hybridized carbons (Fsp3) is 0.273. The number of nitrogens with one attached hydrogen (secondary N) is 1. The van der Waals surface area contributed by atoms with Gasteiger partial charge in [-0.05, 0) is 23.6 Å². The van der Waals surface area contributed by atoms with Crippen LogP contribution in [0.1, 0.15) is 23.1 Å². The van der Waals surface area contributed by atoms with Gasteiger partial charge in [-0.3, -0.25) is 4.79 Å². The largest absolute Gasteiger partial charge is 0.302 e. The lowest BCUT2D eigenvalue weighted by atomic mass is 10.0. The summed E-state index contributed by atoms with van der Waals surface area (Å²) in [7, 11) is -3.22. The van der Waals surface area contributed by atoms with Gasteiger partial charge in [0.15, 0.2) is 5.13 Å². The molecule has 156 valence electrons. The maximum Gasteiger partial charge on any atom is 0.230 e. The molecule has 0 saturated carbocycles. The second-order valence-corrected chi connectivity index (χ2v) is 10.5. The Morgan fingerprint density at radius 2 is 1.80 bits per heavy atom. The first-order valence-electron chi connectivity index (χ1n) is 9.85. The third-order valence-electron chi connectivity index (χ3n) is 5.13. The van der Waals surface area contributed by atoms with Crippen molar-refractivity contribution in [1.82, 2.24) is 9.29 Å². The Labute approximate surface area is 180 Å². The summed E-state index contributed by atoms with van der Waals surface area (Å²) in [5.41, 5.74) is 4.05. The molecular weight excluding hydrogens is 418 g/mol. The van der Waals surface area contributed by atoms with Gasteiger partial charge in [-0.2, -0.15) is 4.31 Å². The Balaban J connectivity index is 1.38. The number of carbonyl (C=O) groups excluding carboxylic acids is 1. The number of benzene rings is 2. The summed E-state index contributed by atoms with van der Waals surface area (Å²) < 4.78 is 25.7. The number of nitrogens with zero attached hydrogens (tertiary/aromatic N) is 2. The normalized spacial score (nSPS) is 14.3. The number of thiazole rings is 1. The Morgan fingerprint density at radius 1 is 1.10 bits per heavy atom. The first-order chi connectivity index (χ1) is 14.4. The minimum absolute atomic E-state index is 0.0911. The highest BCUT2D eigenvalue weighted by atomic mass is 32.2. The summed E-state index contributed by atoms with van der Waals surface area (Å²) in [6, 6.07) is 18.1. The van der Waals surface area contributed by atoms with Crippen molar-refractivity contribution in [3.63, 3.8) is 0 Å². The van der Waals surface area contributed by atoms with E-state index in [4.69, 9.17) is 0 Å². The van der Waals surface area contributed by atoms with Gasteiger partial charge < -0.3 is 5.32 Å². The van der Waals surface area contributed by atoms with Crippen LogP contribution in [0.4, 0.5) is 5.13 Å². The highest BCUT2D eigenvalue weighted by Gasteiger charge is 2.28. The first-order valence-corrected chi connectivity index (χ1v) is 12.3. The van der Waals surface area contributed by atoms with E-state index >= 15 is 0 Å². The summed E-state index contributed by atoms with van der Waals surface area (Å²) in [6.07, 6.45) is 0.831. The third-order valence-corrected chi connectivity index (χ3v) is 7.95. The minimum atomic E-state index is -3.22. The van der Waals surface area contributed by atoms with Crippen LogP contribution in [0.25, 0.3) is 11.1 Å². The van der Waals surface area contributed by atoms with Crippen LogP contribution in [0.2, 0.25) is 0 Å². The van der Waals surface area contributed by atoms with Crippen LogP contribution in [0.15, 0.2) is 54.6 Å². The molecule has 1 N–H and O–H groups in total. The summed E-state index contributed by atoms with van der Waals surface area (Å²) in [5, 5.41) is 3.39. The van der Waals surface area contributed by atoms with E-state index in [1.165, 1.54) is 15.6 Å². The van der Waals surface area contributed by atoms with Crippen LogP contribution in [0, 0.1) is 0 Å². The topological polar surface area (TPSA) is 79.4 Å². The van der Waals surface area contributed by atoms with Gasteiger partial charge >= 0.3 is 0 Å². The van der Waals surface area contributed by atoms with E-state index in [9.17, 15) is 13.2 Å². The summed E-state index contributed by atoms with van der Waals surface area (Å²) in [5.74, 6) is -0.0417. The first kappa shape index (κ1) is 20.7. The maximum absolute atomic E-state index is 12.5. The summed E-state index contributed by atoms with van der Waals surface area (Å²) in [6.45, 7) is 2.42. The fourth-order valence-corrected chi connectivity index (χ4v) is 5.62. The van der Waals surface area contributed by atoms with Gasteiger partial charge in [0.1, 0.15) is 0 Å². The highest BCUT2D eigenvalue weighted by molar-refractivity contribution is 7.89. The molecule has 4 rings (SSSR count). The van der Waals surface area contributed by atoms with E-state index in [0.717, 1.165) is 27.3 Å². The lowest BCUT2D eigenvalue weighted by Crippen LogP contribution is -2.36. The zero-order valence-corrected chi connectivity index (χ0v) is 18.3. The van der Waals surface area contributed by atoms with E-state index in [2.05, 4.69) is 22.4 Å². The Kier molecular flexibility index (Phi) is 5.99. The predicted molar refractivity (Wildman–Crippen MR) is 120 cm³/mol. The summed E-state index contributed by atoms with van der Waals surface area (Å²) >= 11 is 1.36. The van der Waals surface area contributed by atoms with E-state index < -0.39 is 10.0 Å². The molecule has 2 heterocycles. The molecule has 0 fully saturated rings. The quantitative estimate of drug-likeness (QED) is 0.633. The Morgan fingerprint density at radius 3 is 2.50 bits per heavy atom. The number of rotatable bonds is 6. The molecule has 6 nitrogen and oxygen atoms in total. The van der Waals surface area contributed by atoms with Crippen molar-refractivity contribution in [1.29, 1.82) is 0 Å². The van der Waals surface area contributed by atoms with Gasteiger partial charge in [-0.25, -0.2) is 13.4 Å². The molecule has 0 atom stereocenters. The molecule has 1 aromatic heterocycles. The number of hydrogen-bond donors (Lipinski definition) is 1. The zero-order valence-electron chi connectivity index (χ0n) is 16.7. The third kappa shape index (κ3) is 4.61. The van der Waals surface area contributed by atoms with Crippen molar-refractivity contribution in [2.45, 2.75) is 26.3 Å². The minimum Gasteiger partial charge on any atom is -0.302 e. The van der Waals surface area contributed by atoms with Crippen molar-refractivity contribution in [2.75, 3.05) is 17.6 Å². The van der Waals surface area contributed by atoms with Crippen molar-refractivity contribution in [3.05, 3.63) is 70.7 Å². The smallest absolute Gasteiger partial charge is 0.230 e. The van der Waals surface area contributed by atoms with Crippen LogP contribution >= 0.6 is 11.3 Å². The molecule has 1 aliphatic rings. The number of aromatic nitrogens is 1. The number of sulfonamides is 1. The molecule has 0 unspecified atom stereocenters. The zero-order chi connectivity index (χ0) is 21.1. The average Bonchev–Trinajstić information content (AvgIpc) is 3.16. The molecule has 3 aromatic rings.